The molecule has 0 radical (unpaired) electrons. The predicted molar refractivity (Wildman–Crippen MR) is 51.2 cm³/mol. The molecule has 0 heterocycles. The largest absolute Gasteiger partial charge is 0.469 e. The highest BCUT2D eigenvalue weighted by molar-refractivity contribution is 5.73. The predicted octanol–water partition coefficient (Wildman–Crippen LogP) is 1.37. The Bertz CT molecular complexity index is 196. The minimum atomic E-state index is -0.813. The Morgan fingerprint density at radius 3 is 2.15 bits per heavy atom. The summed E-state index contributed by atoms with van der Waals surface area (Å²) in [4.78, 5) is 11.3. The van der Waals surface area contributed by atoms with E-state index in [0.29, 0.717) is 5.57 Å². The van der Waals surface area contributed by atoms with Crippen molar-refractivity contribution in [3.05, 3.63) is 12.2 Å². The summed E-state index contributed by atoms with van der Waals surface area (Å²) >= 11 is 0. The first kappa shape index (κ1) is 12.2. The Hall–Kier alpha value is -0.830. The third kappa shape index (κ3) is 3.19. The van der Waals surface area contributed by atoms with Gasteiger partial charge in [0, 0.05) is 0 Å². The molecule has 0 amide bonds. The summed E-state index contributed by atoms with van der Waals surface area (Å²) < 4.78 is 4.60. The van der Waals surface area contributed by atoms with E-state index in [9.17, 15) is 9.90 Å². The van der Waals surface area contributed by atoms with Gasteiger partial charge < -0.3 is 9.84 Å². The van der Waals surface area contributed by atoms with E-state index in [1.54, 1.807) is 6.92 Å². The van der Waals surface area contributed by atoms with Gasteiger partial charge in [0.1, 0.15) is 0 Å². The lowest BCUT2D eigenvalue weighted by Gasteiger charge is -2.23. The molecule has 2 atom stereocenters. The Morgan fingerprint density at radius 1 is 1.46 bits per heavy atom. The Balaban J connectivity index is 4.60. The molecule has 0 saturated carbocycles. The fraction of sp³-hybridized carbons (Fsp3) is 0.700. The van der Waals surface area contributed by atoms with Crippen LogP contribution in [0, 0.1) is 11.8 Å². The molecular formula is C10H18O3. The van der Waals surface area contributed by atoms with Gasteiger partial charge in [-0.15, -0.1) is 0 Å². The summed E-state index contributed by atoms with van der Waals surface area (Å²) in [5.41, 5.74) is 0.587. The summed E-state index contributed by atoms with van der Waals surface area (Å²) in [7, 11) is 1.32. The molecule has 0 aliphatic rings. The van der Waals surface area contributed by atoms with Crippen LogP contribution in [0.4, 0.5) is 0 Å². The van der Waals surface area contributed by atoms with E-state index in [2.05, 4.69) is 11.3 Å². The van der Waals surface area contributed by atoms with Crippen molar-refractivity contribution < 1.29 is 14.6 Å². The number of aliphatic hydroxyl groups is 1. The van der Waals surface area contributed by atoms with Crippen molar-refractivity contribution in [2.75, 3.05) is 7.11 Å². The van der Waals surface area contributed by atoms with Crippen molar-refractivity contribution in [2.45, 2.75) is 26.9 Å². The second kappa shape index (κ2) is 5.02. The maximum Gasteiger partial charge on any atom is 0.311 e. The van der Waals surface area contributed by atoms with E-state index in [4.69, 9.17) is 0 Å². The van der Waals surface area contributed by atoms with Gasteiger partial charge in [0.25, 0.3) is 0 Å². The summed E-state index contributed by atoms with van der Waals surface area (Å²) in [6.45, 7) is 9.05. The van der Waals surface area contributed by atoms with Gasteiger partial charge in [-0.2, -0.15) is 0 Å². The zero-order valence-corrected chi connectivity index (χ0v) is 8.70. The lowest BCUT2D eigenvalue weighted by Crippen LogP contribution is -2.34. The number of hydrogen-bond acceptors (Lipinski definition) is 3. The molecule has 0 aromatic heterocycles. The van der Waals surface area contributed by atoms with Gasteiger partial charge in [-0.3, -0.25) is 4.79 Å². The molecular weight excluding hydrogens is 168 g/mol. The Morgan fingerprint density at radius 2 is 1.92 bits per heavy atom. The average molecular weight is 186 g/mol. The summed E-state index contributed by atoms with van der Waals surface area (Å²) in [5, 5.41) is 9.66. The first-order valence-electron chi connectivity index (χ1n) is 4.33. The summed E-state index contributed by atoms with van der Waals surface area (Å²) in [6, 6.07) is 0. The van der Waals surface area contributed by atoms with Crippen molar-refractivity contribution in [1.29, 1.82) is 0 Å². The van der Waals surface area contributed by atoms with Gasteiger partial charge in [0.2, 0.25) is 0 Å². The van der Waals surface area contributed by atoms with E-state index >= 15 is 0 Å². The maximum atomic E-state index is 11.3. The Labute approximate surface area is 79.4 Å². The molecule has 13 heavy (non-hydrogen) atoms. The number of aliphatic hydroxyl groups excluding tert-OH is 1. The van der Waals surface area contributed by atoms with E-state index in [0.717, 1.165) is 0 Å². The van der Waals surface area contributed by atoms with Crippen molar-refractivity contribution in [1.82, 2.24) is 0 Å². The second-order valence-electron chi connectivity index (χ2n) is 3.58. The van der Waals surface area contributed by atoms with Gasteiger partial charge in [-0.05, 0) is 12.8 Å². The van der Waals surface area contributed by atoms with Crippen LogP contribution in [0.5, 0.6) is 0 Å². The topological polar surface area (TPSA) is 46.5 Å². The van der Waals surface area contributed by atoms with Gasteiger partial charge >= 0.3 is 5.97 Å². The SMILES string of the molecule is C=C(C)C(O)C(C(=O)OC)C(C)C. The van der Waals surface area contributed by atoms with Crippen LogP contribution in [-0.2, 0) is 9.53 Å². The molecule has 1 N–H and O–H groups in total. The van der Waals surface area contributed by atoms with Crippen LogP contribution in [0.15, 0.2) is 12.2 Å². The highest BCUT2D eigenvalue weighted by Crippen LogP contribution is 2.21. The first-order chi connectivity index (χ1) is 5.91. The zero-order chi connectivity index (χ0) is 10.6. The molecule has 0 aliphatic carbocycles. The number of hydrogen-bond donors (Lipinski definition) is 1. The molecule has 3 heteroatoms. The molecule has 0 rings (SSSR count). The molecule has 3 nitrogen and oxygen atoms in total. The van der Waals surface area contributed by atoms with Crippen molar-refractivity contribution in [2.24, 2.45) is 11.8 Å². The highest BCUT2D eigenvalue weighted by Gasteiger charge is 2.30. The lowest BCUT2D eigenvalue weighted by atomic mass is 9.87. The molecule has 0 aliphatic heterocycles. The van der Waals surface area contributed by atoms with Gasteiger partial charge in [-0.1, -0.05) is 26.0 Å². The third-order valence-electron chi connectivity index (χ3n) is 2.04. The second-order valence-corrected chi connectivity index (χ2v) is 3.58. The first-order valence-corrected chi connectivity index (χ1v) is 4.33. The number of carbonyl (C=O) groups is 1. The van der Waals surface area contributed by atoms with Crippen LogP contribution in [0.2, 0.25) is 0 Å². The third-order valence-corrected chi connectivity index (χ3v) is 2.04. The van der Waals surface area contributed by atoms with E-state index in [-0.39, 0.29) is 11.9 Å². The molecule has 76 valence electrons. The number of ether oxygens (including phenoxy) is 1. The maximum absolute atomic E-state index is 11.3. The van der Waals surface area contributed by atoms with Gasteiger partial charge in [0.15, 0.2) is 0 Å². The molecule has 0 spiro atoms. The van der Waals surface area contributed by atoms with Crippen LogP contribution >= 0.6 is 0 Å². The summed E-state index contributed by atoms with van der Waals surface area (Å²) in [6.07, 6.45) is -0.813. The number of esters is 1. The van der Waals surface area contributed by atoms with Crippen LogP contribution in [0.25, 0.3) is 0 Å². The van der Waals surface area contributed by atoms with Gasteiger partial charge in [-0.25, -0.2) is 0 Å². The lowest BCUT2D eigenvalue weighted by molar-refractivity contribution is -0.150. The van der Waals surface area contributed by atoms with Crippen LogP contribution in [0.1, 0.15) is 20.8 Å². The molecule has 0 saturated heterocycles. The minimum Gasteiger partial charge on any atom is -0.469 e. The quantitative estimate of drug-likeness (QED) is 0.533. The van der Waals surface area contributed by atoms with Gasteiger partial charge in [0.05, 0.1) is 19.1 Å². The van der Waals surface area contributed by atoms with Crippen molar-refractivity contribution in [3.8, 4) is 0 Å². The van der Waals surface area contributed by atoms with Crippen LogP contribution in [0.3, 0.4) is 0 Å². The summed E-state index contributed by atoms with van der Waals surface area (Å²) in [5.74, 6) is -0.854. The number of methoxy groups -OCH3 is 1. The fourth-order valence-electron chi connectivity index (χ4n) is 1.21. The molecule has 0 fully saturated rings. The monoisotopic (exact) mass is 186 g/mol. The fourth-order valence-corrected chi connectivity index (χ4v) is 1.21. The van der Waals surface area contributed by atoms with Crippen molar-refractivity contribution in [3.63, 3.8) is 0 Å². The number of carbonyl (C=O) groups excluding carboxylic acids is 1. The normalized spacial score (nSPS) is 15.2. The smallest absolute Gasteiger partial charge is 0.311 e. The number of rotatable bonds is 4. The van der Waals surface area contributed by atoms with Crippen molar-refractivity contribution >= 4 is 5.97 Å². The van der Waals surface area contributed by atoms with E-state index in [1.807, 2.05) is 13.8 Å². The molecule has 0 bridgehead atoms. The van der Waals surface area contributed by atoms with Crippen LogP contribution in [-0.4, -0.2) is 24.3 Å². The molecule has 0 aromatic rings. The Kier molecular flexibility index (Phi) is 4.70. The molecule has 0 aromatic carbocycles. The molecule has 2 unspecified atom stereocenters. The average Bonchev–Trinajstić information content (AvgIpc) is 2.03. The van der Waals surface area contributed by atoms with E-state index in [1.165, 1.54) is 7.11 Å². The van der Waals surface area contributed by atoms with Crippen LogP contribution < -0.4 is 0 Å². The standard InChI is InChI=1S/C10H18O3/c1-6(2)8(10(12)13-5)9(11)7(3)4/h6,8-9,11H,3H2,1-2,4-5H3. The zero-order valence-electron chi connectivity index (χ0n) is 8.70. The minimum absolute atomic E-state index is 0.0409. The highest BCUT2D eigenvalue weighted by atomic mass is 16.5. The van der Waals surface area contributed by atoms with E-state index < -0.39 is 12.0 Å².